The molecule has 0 saturated heterocycles. The molecule has 2 rings (SSSR count). The van der Waals surface area contributed by atoms with E-state index < -0.39 is 20.7 Å². The van der Waals surface area contributed by atoms with Crippen molar-refractivity contribution in [2.45, 2.75) is 4.90 Å². The first-order valence-electron chi connectivity index (χ1n) is 6.98. The highest BCUT2D eigenvalue weighted by Crippen LogP contribution is 2.21. The number of nitrogens with one attached hydrogen (secondary N) is 1. The number of benzene rings is 2. The van der Waals surface area contributed by atoms with Gasteiger partial charge in [-0.25, -0.2) is 13.2 Å². The summed E-state index contributed by atoms with van der Waals surface area (Å²) < 4.78 is 34.9. The standard InChI is InChI=1S/C17H17NO5S/c1-22-14-10-8-13(9-11-14)18-12-16(17(19)23-2)24(20,21)15-6-4-3-5-7-15/h3-12,18H,1-2H3/b16-12+. The number of carbonyl (C=O) groups is 1. The van der Waals surface area contributed by atoms with Gasteiger partial charge in [0.05, 0.1) is 19.1 Å². The summed E-state index contributed by atoms with van der Waals surface area (Å²) in [5, 5.41) is 2.79. The summed E-state index contributed by atoms with van der Waals surface area (Å²) in [7, 11) is -1.32. The lowest BCUT2D eigenvalue weighted by Gasteiger charge is -2.09. The molecule has 0 amide bonds. The molecule has 126 valence electrons. The Bertz CT molecular complexity index is 827. The molecule has 0 aliphatic carbocycles. The summed E-state index contributed by atoms with van der Waals surface area (Å²) in [4.78, 5) is 11.5. The van der Waals surface area contributed by atoms with E-state index in [-0.39, 0.29) is 4.90 Å². The highest BCUT2D eigenvalue weighted by atomic mass is 32.2. The summed E-state index contributed by atoms with van der Waals surface area (Å²) >= 11 is 0. The molecule has 7 heteroatoms. The minimum Gasteiger partial charge on any atom is -0.497 e. The van der Waals surface area contributed by atoms with Gasteiger partial charge >= 0.3 is 5.97 Å². The van der Waals surface area contributed by atoms with Crippen LogP contribution in [-0.2, 0) is 19.4 Å². The highest BCUT2D eigenvalue weighted by molar-refractivity contribution is 7.96. The van der Waals surface area contributed by atoms with Crippen LogP contribution in [0, 0.1) is 0 Å². The Morgan fingerprint density at radius 2 is 1.62 bits per heavy atom. The van der Waals surface area contributed by atoms with E-state index in [9.17, 15) is 13.2 Å². The van der Waals surface area contributed by atoms with Gasteiger partial charge in [-0.3, -0.25) is 0 Å². The third-order valence-electron chi connectivity index (χ3n) is 3.19. The summed E-state index contributed by atoms with van der Waals surface area (Å²) in [5.41, 5.74) is 0.598. The zero-order valence-corrected chi connectivity index (χ0v) is 14.0. The highest BCUT2D eigenvalue weighted by Gasteiger charge is 2.27. The van der Waals surface area contributed by atoms with E-state index in [0.29, 0.717) is 11.4 Å². The van der Waals surface area contributed by atoms with E-state index in [4.69, 9.17) is 4.74 Å². The molecule has 0 bridgehead atoms. The molecule has 0 unspecified atom stereocenters. The smallest absolute Gasteiger partial charge is 0.351 e. The fourth-order valence-corrected chi connectivity index (χ4v) is 3.20. The molecule has 0 aromatic heterocycles. The number of hydrogen-bond acceptors (Lipinski definition) is 6. The molecule has 0 aliphatic heterocycles. The number of sulfone groups is 1. The first-order chi connectivity index (χ1) is 11.5. The van der Waals surface area contributed by atoms with Crippen molar-refractivity contribution in [3.8, 4) is 5.75 Å². The maximum absolute atomic E-state index is 12.6. The van der Waals surface area contributed by atoms with Crippen molar-refractivity contribution in [2.75, 3.05) is 19.5 Å². The Kier molecular flexibility index (Phi) is 5.59. The van der Waals surface area contributed by atoms with Gasteiger partial charge in [-0.05, 0) is 36.4 Å². The Morgan fingerprint density at radius 3 is 2.17 bits per heavy atom. The van der Waals surface area contributed by atoms with Gasteiger partial charge in [0.25, 0.3) is 0 Å². The predicted molar refractivity (Wildman–Crippen MR) is 90.3 cm³/mol. The second-order valence-corrected chi connectivity index (χ2v) is 6.61. The van der Waals surface area contributed by atoms with Gasteiger partial charge in [0.15, 0.2) is 4.91 Å². The van der Waals surface area contributed by atoms with Crippen molar-refractivity contribution in [1.82, 2.24) is 0 Å². The molecule has 0 fully saturated rings. The molecule has 0 aliphatic rings. The molecule has 0 heterocycles. The molecule has 6 nitrogen and oxygen atoms in total. The van der Waals surface area contributed by atoms with Crippen LogP contribution in [0.15, 0.2) is 70.6 Å². The summed E-state index contributed by atoms with van der Waals surface area (Å²) in [5.74, 6) is -0.283. The third kappa shape index (κ3) is 3.94. The molecule has 0 radical (unpaired) electrons. The van der Waals surface area contributed by atoms with Crippen LogP contribution in [0.5, 0.6) is 5.75 Å². The Hall–Kier alpha value is -2.80. The quantitative estimate of drug-likeness (QED) is 0.639. The SMILES string of the molecule is COC(=O)/C(=C\Nc1ccc(OC)cc1)S(=O)(=O)c1ccccc1. The maximum atomic E-state index is 12.6. The van der Waals surface area contributed by atoms with Crippen LogP contribution in [-0.4, -0.2) is 28.6 Å². The first kappa shape index (κ1) is 17.6. The minimum absolute atomic E-state index is 0.0122. The van der Waals surface area contributed by atoms with E-state index in [1.165, 1.54) is 12.1 Å². The zero-order valence-electron chi connectivity index (χ0n) is 13.2. The summed E-state index contributed by atoms with van der Waals surface area (Å²) in [6, 6.07) is 14.5. The lowest BCUT2D eigenvalue weighted by Crippen LogP contribution is -2.16. The molecule has 0 saturated carbocycles. The lowest BCUT2D eigenvalue weighted by atomic mass is 10.3. The van der Waals surface area contributed by atoms with Crippen molar-refractivity contribution >= 4 is 21.5 Å². The van der Waals surface area contributed by atoms with Gasteiger partial charge in [0.1, 0.15) is 5.75 Å². The van der Waals surface area contributed by atoms with Crippen LogP contribution >= 0.6 is 0 Å². The molecule has 2 aromatic carbocycles. The predicted octanol–water partition coefficient (Wildman–Crippen LogP) is 2.60. The maximum Gasteiger partial charge on any atom is 0.351 e. The van der Waals surface area contributed by atoms with Crippen LogP contribution in [0.3, 0.4) is 0 Å². The number of anilines is 1. The van der Waals surface area contributed by atoms with Crippen molar-refractivity contribution in [3.05, 3.63) is 65.7 Å². The van der Waals surface area contributed by atoms with Crippen LogP contribution < -0.4 is 10.1 Å². The van der Waals surface area contributed by atoms with E-state index in [1.54, 1.807) is 49.6 Å². The van der Waals surface area contributed by atoms with Crippen molar-refractivity contribution in [3.63, 3.8) is 0 Å². The second-order valence-electron chi connectivity index (χ2n) is 4.69. The van der Waals surface area contributed by atoms with E-state index in [2.05, 4.69) is 10.1 Å². The first-order valence-corrected chi connectivity index (χ1v) is 8.46. The Labute approximate surface area is 140 Å². The fourth-order valence-electron chi connectivity index (χ4n) is 1.91. The lowest BCUT2D eigenvalue weighted by molar-refractivity contribution is -0.135. The normalized spacial score (nSPS) is 11.7. The van der Waals surface area contributed by atoms with E-state index >= 15 is 0 Å². The summed E-state index contributed by atoms with van der Waals surface area (Å²) in [6.07, 6.45) is 1.12. The topological polar surface area (TPSA) is 81.7 Å². The van der Waals surface area contributed by atoms with Crippen LogP contribution in [0.4, 0.5) is 5.69 Å². The average Bonchev–Trinajstić information content (AvgIpc) is 2.62. The Morgan fingerprint density at radius 1 is 1.00 bits per heavy atom. The van der Waals surface area contributed by atoms with Gasteiger partial charge in [-0.15, -0.1) is 0 Å². The van der Waals surface area contributed by atoms with Gasteiger partial charge in [0, 0.05) is 11.9 Å². The largest absolute Gasteiger partial charge is 0.497 e. The molecule has 0 spiro atoms. The Balaban J connectivity index is 2.36. The minimum atomic E-state index is -4.00. The molecular weight excluding hydrogens is 330 g/mol. The van der Waals surface area contributed by atoms with Crippen molar-refractivity contribution in [2.24, 2.45) is 0 Å². The number of esters is 1. The number of methoxy groups -OCH3 is 2. The van der Waals surface area contributed by atoms with Crippen LogP contribution in [0.1, 0.15) is 0 Å². The van der Waals surface area contributed by atoms with E-state index in [0.717, 1.165) is 13.3 Å². The monoisotopic (exact) mass is 347 g/mol. The van der Waals surface area contributed by atoms with E-state index in [1.807, 2.05) is 0 Å². The zero-order chi connectivity index (χ0) is 17.6. The molecule has 1 N–H and O–H groups in total. The van der Waals surface area contributed by atoms with Crippen LogP contribution in [0.25, 0.3) is 0 Å². The second kappa shape index (κ2) is 7.65. The molecular formula is C17H17NO5S. The average molecular weight is 347 g/mol. The molecule has 24 heavy (non-hydrogen) atoms. The van der Waals surface area contributed by atoms with Gasteiger partial charge in [0.2, 0.25) is 9.84 Å². The molecule has 2 aromatic rings. The molecule has 0 atom stereocenters. The fraction of sp³-hybridized carbons (Fsp3) is 0.118. The van der Waals surface area contributed by atoms with Gasteiger partial charge in [-0.1, -0.05) is 18.2 Å². The number of rotatable bonds is 6. The number of ether oxygens (including phenoxy) is 2. The third-order valence-corrected chi connectivity index (χ3v) is 4.95. The van der Waals surface area contributed by atoms with Crippen molar-refractivity contribution < 1.29 is 22.7 Å². The van der Waals surface area contributed by atoms with Crippen molar-refractivity contribution in [1.29, 1.82) is 0 Å². The van der Waals surface area contributed by atoms with Crippen LogP contribution in [0.2, 0.25) is 0 Å². The number of carbonyl (C=O) groups excluding carboxylic acids is 1. The number of hydrogen-bond donors (Lipinski definition) is 1. The van der Waals surface area contributed by atoms with Gasteiger partial charge < -0.3 is 14.8 Å². The van der Waals surface area contributed by atoms with Gasteiger partial charge in [-0.2, -0.15) is 0 Å². The summed E-state index contributed by atoms with van der Waals surface area (Å²) in [6.45, 7) is 0.